The Kier molecular flexibility index (Phi) is 6.75. The molecule has 0 unspecified atom stereocenters. The number of aryl methyl sites for hydroxylation is 1. The average molecular weight is 277 g/mol. The van der Waals surface area contributed by atoms with Gasteiger partial charge in [0.05, 0.1) is 20.2 Å². The van der Waals surface area contributed by atoms with Crippen LogP contribution in [0.25, 0.3) is 0 Å². The molecule has 7 heteroatoms. The number of hydrogen-bond acceptors (Lipinski definition) is 3. The quantitative estimate of drug-likeness (QED) is 0.530. The molecular weight excluding hydrogens is 270 g/mol. The number of halogens is 2. The van der Waals surface area contributed by atoms with Crippen LogP contribution in [0, 0.1) is 0 Å². The van der Waals surface area contributed by atoms with Gasteiger partial charge in [0.2, 0.25) is 0 Å². The first kappa shape index (κ1) is 15.7. The molecule has 0 saturated carbocycles. The summed E-state index contributed by atoms with van der Waals surface area (Å²) < 4.78 is 31.0. The largest absolute Gasteiger partial charge is 1.00 e. The summed E-state index contributed by atoms with van der Waals surface area (Å²) >= 11 is 11.4. The smallest absolute Gasteiger partial charge is 0.748 e. The van der Waals surface area contributed by atoms with E-state index in [-0.39, 0.29) is 36.0 Å². The summed E-state index contributed by atoms with van der Waals surface area (Å²) in [4.78, 5) is 0. The molecule has 1 aromatic rings. The molecule has 15 heavy (non-hydrogen) atoms. The summed E-state index contributed by atoms with van der Waals surface area (Å²) in [6, 6.07) is 4.76. The Labute approximate surface area is 121 Å². The molecule has 1 aromatic carbocycles. The summed E-state index contributed by atoms with van der Waals surface area (Å²) in [5.41, 5.74) is 0.679. The number of hydrogen-bond donors (Lipinski definition) is 0. The van der Waals surface area contributed by atoms with Gasteiger partial charge in [-0.15, -0.1) is 0 Å². The van der Waals surface area contributed by atoms with E-state index in [0.717, 1.165) is 0 Å². The third-order valence-electron chi connectivity index (χ3n) is 1.62. The molecule has 78 valence electrons. The Balaban J connectivity index is 0.00000196. The second-order valence-electron chi connectivity index (χ2n) is 2.76. The average Bonchev–Trinajstić information content (AvgIpc) is 2.06. The van der Waals surface area contributed by atoms with Crippen LogP contribution in [0.15, 0.2) is 18.2 Å². The Hall–Kier alpha value is 0.710. The van der Waals surface area contributed by atoms with Gasteiger partial charge in [-0.05, 0) is 24.1 Å². The Bertz CT molecular complexity index is 434. The molecule has 0 atom stereocenters. The van der Waals surface area contributed by atoms with Crippen molar-refractivity contribution in [3.05, 3.63) is 33.8 Å². The van der Waals surface area contributed by atoms with E-state index in [4.69, 9.17) is 23.2 Å². The maximum atomic E-state index is 10.3. The van der Waals surface area contributed by atoms with Crippen molar-refractivity contribution in [1.29, 1.82) is 0 Å². The second kappa shape index (κ2) is 6.45. The van der Waals surface area contributed by atoms with Crippen LogP contribution >= 0.6 is 23.2 Å². The molecule has 0 aromatic heterocycles. The van der Waals surface area contributed by atoms with Crippen molar-refractivity contribution in [1.82, 2.24) is 0 Å². The van der Waals surface area contributed by atoms with Gasteiger partial charge in [-0.2, -0.15) is 0 Å². The van der Waals surface area contributed by atoms with Crippen LogP contribution in [-0.2, 0) is 16.5 Å². The minimum atomic E-state index is -4.17. The molecule has 0 bridgehead atoms. The van der Waals surface area contributed by atoms with Gasteiger partial charge in [-0.25, -0.2) is 8.42 Å². The molecule has 1 rings (SSSR count). The molecule has 0 aliphatic rings. The zero-order chi connectivity index (χ0) is 10.8. The zero-order valence-corrected chi connectivity index (χ0v) is 12.4. The first-order chi connectivity index (χ1) is 6.38. The minimum Gasteiger partial charge on any atom is -0.748 e. The van der Waals surface area contributed by atoms with Crippen molar-refractivity contribution in [2.24, 2.45) is 0 Å². The van der Waals surface area contributed by atoms with Gasteiger partial charge in [0, 0.05) is 5.75 Å². The summed E-state index contributed by atoms with van der Waals surface area (Å²) in [5, 5.41) is 0.757. The van der Waals surface area contributed by atoms with Crippen molar-refractivity contribution in [3.8, 4) is 0 Å². The van der Waals surface area contributed by atoms with E-state index in [9.17, 15) is 13.0 Å². The molecule has 0 saturated heterocycles. The van der Waals surface area contributed by atoms with E-state index in [2.05, 4.69) is 0 Å². The summed E-state index contributed by atoms with van der Waals surface area (Å²) in [6.07, 6.45) is 0.155. The summed E-state index contributed by atoms with van der Waals surface area (Å²) in [7, 11) is -4.17. The predicted molar refractivity (Wildman–Crippen MR) is 54.7 cm³/mol. The molecular formula is C8H7Cl2NaO3S. The van der Waals surface area contributed by atoms with Crippen molar-refractivity contribution >= 4 is 33.3 Å². The summed E-state index contributed by atoms with van der Waals surface area (Å²) in [5.74, 6) is -0.426. The van der Waals surface area contributed by atoms with Gasteiger partial charge in [-0.3, -0.25) is 0 Å². The van der Waals surface area contributed by atoms with Gasteiger partial charge in [0.15, 0.2) is 0 Å². The van der Waals surface area contributed by atoms with Crippen LogP contribution in [0.4, 0.5) is 0 Å². The minimum absolute atomic E-state index is 0. The van der Waals surface area contributed by atoms with Crippen molar-refractivity contribution in [3.63, 3.8) is 0 Å². The van der Waals surface area contributed by atoms with Gasteiger partial charge >= 0.3 is 29.6 Å². The molecule has 0 aliphatic carbocycles. The standard InChI is InChI=1S/C8H8Cl2O3S.Na/c9-7-2-1-6(5-8(7)10)3-4-14(11,12)13;/h1-2,5H,3-4H2,(H,11,12,13);/q;+1/p-1. The molecule has 0 radical (unpaired) electrons. The van der Waals surface area contributed by atoms with E-state index >= 15 is 0 Å². The Morgan fingerprint density at radius 1 is 1.20 bits per heavy atom. The van der Waals surface area contributed by atoms with Crippen LogP contribution in [0.2, 0.25) is 10.0 Å². The predicted octanol–water partition coefficient (Wildman–Crippen LogP) is -0.915. The fourth-order valence-corrected chi connectivity index (χ4v) is 1.74. The van der Waals surface area contributed by atoms with E-state index in [1.807, 2.05) is 0 Å². The van der Waals surface area contributed by atoms with E-state index in [0.29, 0.717) is 15.6 Å². The van der Waals surface area contributed by atoms with E-state index in [1.165, 1.54) is 0 Å². The maximum absolute atomic E-state index is 10.3. The summed E-state index contributed by atoms with van der Waals surface area (Å²) in [6.45, 7) is 0. The van der Waals surface area contributed by atoms with E-state index < -0.39 is 15.9 Å². The molecule has 0 fully saturated rings. The number of benzene rings is 1. The van der Waals surface area contributed by atoms with Crippen molar-refractivity contribution in [2.45, 2.75) is 6.42 Å². The molecule has 0 amide bonds. The van der Waals surface area contributed by atoms with Crippen molar-refractivity contribution < 1.29 is 42.5 Å². The van der Waals surface area contributed by atoms with Crippen LogP contribution in [0.1, 0.15) is 5.56 Å². The van der Waals surface area contributed by atoms with Gasteiger partial charge in [0.25, 0.3) is 0 Å². The SMILES string of the molecule is O=S(=O)([O-])CCc1ccc(Cl)c(Cl)c1.[Na+]. The first-order valence-corrected chi connectivity index (χ1v) is 6.09. The molecule has 0 spiro atoms. The Morgan fingerprint density at radius 3 is 2.27 bits per heavy atom. The van der Waals surface area contributed by atoms with Gasteiger partial charge < -0.3 is 4.55 Å². The van der Waals surface area contributed by atoms with E-state index in [1.54, 1.807) is 18.2 Å². The van der Waals surface area contributed by atoms with Crippen LogP contribution in [-0.4, -0.2) is 18.7 Å². The zero-order valence-electron chi connectivity index (χ0n) is 8.04. The van der Waals surface area contributed by atoms with Crippen LogP contribution in [0.3, 0.4) is 0 Å². The fourth-order valence-electron chi connectivity index (χ4n) is 0.938. The van der Waals surface area contributed by atoms with Crippen LogP contribution in [0.5, 0.6) is 0 Å². The molecule has 0 N–H and O–H groups in total. The molecule has 3 nitrogen and oxygen atoms in total. The normalized spacial score (nSPS) is 10.9. The molecule has 0 heterocycles. The maximum Gasteiger partial charge on any atom is 1.00 e. The number of rotatable bonds is 3. The second-order valence-corrected chi connectivity index (χ2v) is 5.10. The van der Waals surface area contributed by atoms with Gasteiger partial charge in [-0.1, -0.05) is 29.3 Å². The monoisotopic (exact) mass is 276 g/mol. The molecule has 0 aliphatic heterocycles. The van der Waals surface area contributed by atoms with Crippen LogP contribution < -0.4 is 29.6 Å². The Morgan fingerprint density at radius 2 is 1.80 bits per heavy atom. The fraction of sp³-hybridized carbons (Fsp3) is 0.250. The first-order valence-electron chi connectivity index (χ1n) is 3.76. The van der Waals surface area contributed by atoms with Gasteiger partial charge in [0.1, 0.15) is 0 Å². The third-order valence-corrected chi connectivity index (χ3v) is 3.07. The van der Waals surface area contributed by atoms with Crippen molar-refractivity contribution in [2.75, 3.05) is 5.75 Å². The topological polar surface area (TPSA) is 57.2 Å². The third kappa shape index (κ3) is 6.12.